The highest BCUT2D eigenvalue weighted by Crippen LogP contribution is 2.76. The topological polar surface area (TPSA) is 421 Å². The molecule has 4 saturated heterocycles. The van der Waals surface area contributed by atoms with E-state index >= 15 is 0 Å². The van der Waals surface area contributed by atoms with Crippen molar-refractivity contribution in [1.82, 2.24) is 0 Å². The molecule has 26 heteroatoms. The van der Waals surface area contributed by atoms with Crippen molar-refractivity contribution < 1.29 is 129 Å². The largest absolute Gasteiger partial charge is 0.479 e. The van der Waals surface area contributed by atoms with Crippen molar-refractivity contribution in [2.75, 3.05) is 19.8 Å². The number of aliphatic hydroxyl groups excluding tert-OH is 14. The molecule has 15 N–H and O–H groups in total. The molecule has 26 nitrogen and oxygen atoms in total. The number of hydrogen-bond acceptors (Lipinski definition) is 25. The maximum Gasteiger partial charge on any atom is 0.335 e. The van der Waals surface area contributed by atoms with Crippen molar-refractivity contribution in [3.8, 4) is 0 Å². The average Bonchev–Trinajstić information content (AvgIpc) is 0.703. The van der Waals surface area contributed by atoms with Gasteiger partial charge in [0, 0.05) is 11.0 Å². The van der Waals surface area contributed by atoms with Crippen molar-refractivity contribution in [3.05, 3.63) is 23.3 Å². The minimum absolute atomic E-state index is 0.129. The Morgan fingerprint density at radius 3 is 1.78 bits per heavy atom. The molecule has 0 amide bonds. The molecule has 8 fully saturated rings. The number of allylic oxidation sites excluding steroid dienone is 2. The summed E-state index contributed by atoms with van der Waals surface area (Å²) < 4.78 is 55.3. The predicted molar refractivity (Wildman–Crippen MR) is 289 cm³/mol. The SMILES string of the molecule is C/C=C(\C)C(=O)O[C@H]1CC(C)(C)C[C@H]2C3=CC[C@@H]4[C@@]5(C)CC[C@H](O[C@@H]6O[C@H](C(=O)O)[C@H](O)[C@H](O[C@@H]7O[C@H](CO)[C@H](O)[C@H](O)[C@H]7O[C@@H]7O[C@@H](C)[C@H](O)[C@@H](O)[C@H]7O)[C@H]6O[C@@H]6O[C@H](CO)[C@@H](O)[C@H](O)[C@H]6O)C(C)(C)[C@@H]5CC[C@@]4(C)[C@]3(C)[C@@H](O)[C@@H](O)[C@@]12CO. The molecule has 9 aliphatic rings. The Labute approximate surface area is 494 Å². The summed E-state index contributed by atoms with van der Waals surface area (Å²) in [6.45, 7) is 16.9. The maximum atomic E-state index is 13.5. The van der Waals surface area contributed by atoms with Gasteiger partial charge in [-0.1, -0.05) is 66.2 Å². The van der Waals surface area contributed by atoms with Gasteiger partial charge in [-0.15, -0.1) is 0 Å². The van der Waals surface area contributed by atoms with Gasteiger partial charge in [0.25, 0.3) is 0 Å². The highest BCUT2D eigenvalue weighted by atomic mass is 16.8. The molecule has 4 saturated carbocycles. The van der Waals surface area contributed by atoms with Gasteiger partial charge >= 0.3 is 11.9 Å². The second-order valence-electron chi connectivity index (χ2n) is 27.9. The van der Waals surface area contributed by atoms with E-state index in [1.54, 1.807) is 19.9 Å². The number of ether oxygens (including phenoxy) is 9. The van der Waals surface area contributed by atoms with Gasteiger partial charge in [-0.3, -0.25) is 0 Å². The van der Waals surface area contributed by atoms with E-state index in [1.807, 2.05) is 20.8 Å². The first kappa shape index (κ1) is 66.9. The van der Waals surface area contributed by atoms with E-state index in [0.717, 1.165) is 5.57 Å². The van der Waals surface area contributed by atoms with Crippen LogP contribution >= 0.6 is 0 Å². The van der Waals surface area contributed by atoms with Crippen molar-refractivity contribution in [3.63, 3.8) is 0 Å². The molecule has 0 unspecified atom stereocenters. The molecule has 0 aromatic rings. The quantitative estimate of drug-likeness (QED) is 0.0387. The molecule has 0 bridgehead atoms. The molecule has 85 heavy (non-hydrogen) atoms. The summed E-state index contributed by atoms with van der Waals surface area (Å²) in [7, 11) is 0. The Kier molecular flexibility index (Phi) is 19.1. The zero-order valence-electron chi connectivity index (χ0n) is 50.0. The van der Waals surface area contributed by atoms with E-state index in [4.69, 9.17) is 42.6 Å². The second-order valence-corrected chi connectivity index (χ2v) is 27.9. The number of esters is 1. The lowest BCUT2D eigenvalue weighted by atomic mass is 9.32. The van der Waals surface area contributed by atoms with E-state index in [-0.39, 0.29) is 18.3 Å². The monoisotopic (exact) mass is 1220 g/mol. The van der Waals surface area contributed by atoms with E-state index in [2.05, 4.69) is 33.8 Å². The van der Waals surface area contributed by atoms with Crippen LogP contribution in [-0.4, -0.2) is 256 Å². The molecule has 4 heterocycles. The van der Waals surface area contributed by atoms with Crippen molar-refractivity contribution in [2.24, 2.45) is 50.2 Å². The summed E-state index contributed by atoms with van der Waals surface area (Å²) in [5.41, 5.74) is -3.59. The van der Waals surface area contributed by atoms with Crippen LogP contribution in [-0.2, 0) is 52.2 Å². The summed E-state index contributed by atoms with van der Waals surface area (Å²) in [6.07, 6.45) is -35.6. The summed E-state index contributed by atoms with van der Waals surface area (Å²) >= 11 is 0. The van der Waals surface area contributed by atoms with Crippen molar-refractivity contribution in [1.29, 1.82) is 0 Å². The number of rotatable bonds is 14. The van der Waals surface area contributed by atoms with Gasteiger partial charge < -0.3 is 119 Å². The molecule has 0 radical (unpaired) electrons. The van der Waals surface area contributed by atoms with Crippen LogP contribution in [0.4, 0.5) is 0 Å². The fourth-order valence-electron chi connectivity index (χ4n) is 17.3. The fourth-order valence-corrected chi connectivity index (χ4v) is 17.3. The minimum Gasteiger partial charge on any atom is -0.479 e. The van der Waals surface area contributed by atoms with Crippen LogP contribution in [0, 0.1) is 50.2 Å². The molecular formula is C59H94O26. The van der Waals surface area contributed by atoms with E-state index in [1.165, 1.54) is 6.92 Å². The Hall–Kier alpha value is -2.46. The zero-order chi connectivity index (χ0) is 62.7. The van der Waals surface area contributed by atoms with Gasteiger partial charge in [-0.05, 0) is 105 Å². The number of carbonyl (C=O) groups is 2. The number of carboxylic acid groups (broad SMARTS) is 1. The highest BCUT2D eigenvalue weighted by Gasteiger charge is 2.75. The number of carboxylic acids is 1. The van der Waals surface area contributed by atoms with E-state index in [0.29, 0.717) is 44.1 Å². The minimum atomic E-state index is -2.29. The average molecular weight is 1220 g/mol. The molecule has 31 atom stereocenters. The Morgan fingerprint density at radius 1 is 0.612 bits per heavy atom. The van der Waals surface area contributed by atoms with Crippen LogP contribution in [0.15, 0.2) is 23.3 Å². The number of aliphatic carboxylic acids is 1. The number of carbonyl (C=O) groups excluding carboxylic acids is 1. The number of aliphatic hydroxyl groups is 14. The van der Waals surface area contributed by atoms with Crippen LogP contribution in [0.5, 0.6) is 0 Å². The van der Waals surface area contributed by atoms with Gasteiger partial charge in [-0.25, -0.2) is 9.59 Å². The zero-order valence-corrected chi connectivity index (χ0v) is 50.0. The van der Waals surface area contributed by atoms with Crippen LogP contribution < -0.4 is 0 Å². The lowest BCUT2D eigenvalue weighted by Gasteiger charge is -2.73. The third kappa shape index (κ3) is 10.8. The van der Waals surface area contributed by atoms with Crippen LogP contribution in [0.2, 0.25) is 0 Å². The smallest absolute Gasteiger partial charge is 0.335 e. The standard InChI is InChI=1S/C59H94O26/c1-11-23(2)49(76)80-32-19-54(4,5)18-26-25-12-13-30-56(8)16-15-31(55(6,7)29(56)14-17-57(30,9)58(25,10)46(72)47(73)59(26,32)22-62)81-53-45(85-51-40(70)37(67)34(64)27(20-60)78-51)42(41(71)43(83-53)48(74)75)82-52-44(38(68)35(65)28(21-61)79-52)84-50-39(69)36(66)33(63)24(3)77-50/h11-12,24,26-47,50-53,60-73H,13-22H2,1-10H3,(H,74,75)/b23-11+/t24-,26-,27+,28+,29-,30+,31-,32-,33-,34+,35-,36+,37-,38-,39+,40+,41+,42-,43-,44+,45+,46-,47+,50-,51-,52-,53+,56-,57+,58-,59+/m0/s1. The predicted octanol–water partition coefficient (Wildman–Crippen LogP) is -2.01. The summed E-state index contributed by atoms with van der Waals surface area (Å²) in [5, 5.41) is 168. The first-order valence-corrected chi connectivity index (χ1v) is 30.0. The lowest BCUT2D eigenvalue weighted by Crippen LogP contribution is -2.74. The first-order valence-electron chi connectivity index (χ1n) is 30.0. The van der Waals surface area contributed by atoms with Crippen molar-refractivity contribution in [2.45, 2.75) is 261 Å². The van der Waals surface area contributed by atoms with Gasteiger partial charge in [0.1, 0.15) is 91.6 Å². The fraction of sp³-hybridized carbons (Fsp3) is 0.898. The molecule has 0 spiro atoms. The molecular weight excluding hydrogens is 1120 g/mol. The number of hydrogen-bond donors (Lipinski definition) is 15. The third-order valence-electron chi connectivity index (χ3n) is 22.6. The molecule has 0 aromatic carbocycles. The van der Waals surface area contributed by atoms with Gasteiger partial charge in [0.15, 0.2) is 31.3 Å². The maximum absolute atomic E-state index is 13.5. The molecule has 9 rings (SSSR count). The highest BCUT2D eigenvalue weighted by molar-refractivity contribution is 5.87. The third-order valence-corrected chi connectivity index (χ3v) is 22.6. The Bertz CT molecular complexity index is 2460. The Morgan fingerprint density at radius 2 is 1.18 bits per heavy atom. The van der Waals surface area contributed by atoms with Crippen molar-refractivity contribution >= 4 is 11.9 Å². The van der Waals surface area contributed by atoms with Crippen LogP contribution in [0.1, 0.15) is 114 Å². The summed E-state index contributed by atoms with van der Waals surface area (Å²) in [5.74, 6) is -3.08. The van der Waals surface area contributed by atoms with Crippen LogP contribution in [0.25, 0.3) is 0 Å². The van der Waals surface area contributed by atoms with Gasteiger partial charge in [0.2, 0.25) is 0 Å². The van der Waals surface area contributed by atoms with E-state index in [9.17, 15) is 86.2 Å². The van der Waals surface area contributed by atoms with Gasteiger partial charge in [-0.2, -0.15) is 0 Å². The normalized spacial score (nSPS) is 52.4. The molecule has 4 aliphatic heterocycles. The summed E-state index contributed by atoms with van der Waals surface area (Å²) in [6, 6.07) is 0. The Balaban J connectivity index is 1.05. The van der Waals surface area contributed by atoms with Gasteiger partial charge in [0.05, 0.1) is 49.7 Å². The molecule has 0 aromatic heterocycles. The molecule has 486 valence electrons. The number of fused-ring (bicyclic) bond motifs is 7. The lowest BCUT2D eigenvalue weighted by molar-refractivity contribution is -0.406. The first-order chi connectivity index (χ1) is 39.7. The molecule has 5 aliphatic carbocycles. The van der Waals surface area contributed by atoms with Crippen LogP contribution in [0.3, 0.4) is 0 Å². The second kappa shape index (κ2) is 24.3. The summed E-state index contributed by atoms with van der Waals surface area (Å²) in [4.78, 5) is 26.7. The van der Waals surface area contributed by atoms with E-state index < -0.39 is 217 Å².